The van der Waals surface area contributed by atoms with Crippen molar-refractivity contribution in [2.24, 2.45) is 0 Å². The third-order valence-electron chi connectivity index (χ3n) is 3.61. The maximum absolute atomic E-state index is 13.0. The molecule has 2 rings (SSSR count). The van der Waals surface area contributed by atoms with E-state index < -0.39 is 26.1 Å². The molecule has 0 bridgehead atoms. The smallest absolute Gasteiger partial charge is 0.332 e. The van der Waals surface area contributed by atoms with Gasteiger partial charge in [-0.2, -0.15) is 8.42 Å². The first kappa shape index (κ1) is 22.4. The van der Waals surface area contributed by atoms with Crippen molar-refractivity contribution in [3.63, 3.8) is 0 Å². The number of amides is 2. The van der Waals surface area contributed by atoms with Crippen LogP contribution in [0.25, 0.3) is 0 Å². The minimum Gasteiger partial charge on any atom is -0.492 e. The normalized spacial score (nSPS) is 11.0. The Hall–Kier alpha value is -2.92. The predicted molar refractivity (Wildman–Crippen MR) is 105 cm³/mol. The summed E-state index contributed by atoms with van der Waals surface area (Å²) in [6.45, 7) is 0.599. The average molecular weight is 446 g/mol. The van der Waals surface area contributed by atoms with E-state index in [4.69, 9.17) is 16.3 Å². The van der Waals surface area contributed by atoms with Crippen LogP contribution in [-0.2, 0) is 10.2 Å². The minimum atomic E-state index is -4.85. The van der Waals surface area contributed by atoms with Gasteiger partial charge in [0.25, 0.3) is 5.69 Å². The van der Waals surface area contributed by atoms with Gasteiger partial charge in [-0.15, -0.1) is 3.89 Å². The Morgan fingerprint density at radius 1 is 1.21 bits per heavy atom. The topological polar surface area (TPSA) is 128 Å². The fourth-order valence-electron chi connectivity index (χ4n) is 2.23. The molecule has 0 aliphatic rings. The Labute approximate surface area is 171 Å². The number of unbranched alkanes of at least 4 members (excludes halogenated alkanes) is 1. The van der Waals surface area contributed by atoms with Crippen molar-refractivity contribution in [3.8, 4) is 5.75 Å². The first-order valence-corrected chi connectivity index (χ1v) is 10.1. The van der Waals surface area contributed by atoms with Gasteiger partial charge >= 0.3 is 16.3 Å². The highest BCUT2D eigenvalue weighted by atomic mass is 35.5. The lowest BCUT2D eigenvalue weighted by Crippen LogP contribution is -2.29. The number of rotatable bonds is 9. The number of anilines is 1. The first-order chi connectivity index (χ1) is 13.7. The van der Waals surface area contributed by atoms with Crippen molar-refractivity contribution in [3.05, 3.63) is 57.6 Å². The lowest BCUT2D eigenvalue weighted by molar-refractivity contribution is -0.384. The molecule has 2 amide bonds. The summed E-state index contributed by atoms with van der Waals surface area (Å²) in [5, 5.41) is 15.8. The molecule has 0 atom stereocenters. The second-order valence-corrected chi connectivity index (χ2v) is 7.53. The predicted octanol–water partition coefficient (Wildman–Crippen LogP) is 3.89. The maximum Gasteiger partial charge on any atom is 0.332 e. The molecule has 29 heavy (non-hydrogen) atoms. The van der Waals surface area contributed by atoms with Gasteiger partial charge < -0.3 is 15.4 Å². The van der Waals surface area contributed by atoms with E-state index in [2.05, 4.69) is 10.6 Å². The zero-order chi connectivity index (χ0) is 21.4. The summed E-state index contributed by atoms with van der Waals surface area (Å²) < 4.78 is 40.1. The quantitative estimate of drug-likeness (QED) is 0.261. The van der Waals surface area contributed by atoms with Crippen LogP contribution in [0.2, 0.25) is 5.02 Å². The van der Waals surface area contributed by atoms with Gasteiger partial charge in [-0.3, -0.25) is 10.1 Å². The van der Waals surface area contributed by atoms with Crippen LogP contribution in [0.15, 0.2) is 47.4 Å². The molecule has 2 aromatic carbocycles. The number of nitro benzene ring substituents is 1. The second-order valence-electron chi connectivity index (χ2n) is 5.77. The molecule has 9 nitrogen and oxygen atoms in total. The molecule has 0 aliphatic heterocycles. The number of ether oxygens (including phenoxy) is 1. The molecule has 0 heterocycles. The van der Waals surface area contributed by atoms with Crippen LogP contribution >= 0.6 is 11.6 Å². The molecule has 156 valence electrons. The third-order valence-corrected chi connectivity index (χ3v) is 4.73. The number of halogens is 2. The minimum absolute atomic E-state index is 0.132. The van der Waals surface area contributed by atoms with E-state index in [0.717, 1.165) is 12.1 Å². The van der Waals surface area contributed by atoms with E-state index in [1.54, 1.807) is 0 Å². The summed E-state index contributed by atoms with van der Waals surface area (Å²) in [4.78, 5) is 21.3. The van der Waals surface area contributed by atoms with Crippen LogP contribution in [0.5, 0.6) is 5.75 Å². The van der Waals surface area contributed by atoms with E-state index >= 15 is 0 Å². The molecule has 0 saturated heterocycles. The average Bonchev–Trinajstić information content (AvgIpc) is 2.65. The van der Waals surface area contributed by atoms with E-state index in [-0.39, 0.29) is 23.0 Å². The lowest BCUT2D eigenvalue weighted by atomic mass is 10.3. The highest BCUT2D eigenvalue weighted by Gasteiger charge is 2.13. The Balaban J connectivity index is 1.69. The van der Waals surface area contributed by atoms with Gasteiger partial charge in [0.05, 0.1) is 16.6 Å². The van der Waals surface area contributed by atoms with E-state index in [1.165, 1.54) is 30.3 Å². The first-order valence-electron chi connectivity index (χ1n) is 8.33. The Bertz CT molecular complexity index is 1000. The fourth-order valence-corrected chi connectivity index (χ4v) is 2.97. The van der Waals surface area contributed by atoms with Gasteiger partial charge in [-0.1, -0.05) is 17.7 Å². The van der Waals surface area contributed by atoms with Crippen molar-refractivity contribution in [1.29, 1.82) is 0 Å². The number of hydrogen-bond donors (Lipinski definition) is 2. The largest absolute Gasteiger partial charge is 0.492 e. The number of hydrogen-bond acceptors (Lipinski definition) is 6. The molecule has 0 radical (unpaired) electrons. The van der Waals surface area contributed by atoms with Crippen molar-refractivity contribution in [2.75, 3.05) is 18.5 Å². The molecule has 0 unspecified atom stereocenters. The monoisotopic (exact) mass is 445 g/mol. The van der Waals surface area contributed by atoms with E-state index in [1.807, 2.05) is 0 Å². The summed E-state index contributed by atoms with van der Waals surface area (Å²) in [7, 11) is -4.85. The molecule has 0 aliphatic carbocycles. The van der Waals surface area contributed by atoms with Crippen molar-refractivity contribution in [1.82, 2.24) is 5.32 Å². The molecule has 0 spiro atoms. The fraction of sp³-hybridized carbons (Fsp3) is 0.235. The SMILES string of the molecule is O=C(NCCCCOc1ccc([N+](=O)[O-])cc1Cl)Nc1cccc(S(=O)(=O)F)c1. The lowest BCUT2D eigenvalue weighted by Gasteiger charge is -2.09. The number of urea groups is 1. The summed E-state index contributed by atoms with van der Waals surface area (Å²) in [6.07, 6.45) is 1.14. The molecule has 2 N–H and O–H groups in total. The van der Waals surface area contributed by atoms with Crippen LogP contribution in [-0.4, -0.2) is 32.5 Å². The van der Waals surface area contributed by atoms with Crippen molar-refractivity contribution >= 4 is 39.2 Å². The molecule has 2 aromatic rings. The zero-order valence-electron chi connectivity index (χ0n) is 14.9. The van der Waals surface area contributed by atoms with Crippen LogP contribution in [0, 0.1) is 10.1 Å². The van der Waals surface area contributed by atoms with Crippen LogP contribution in [0.3, 0.4) is 0 Å². The summed E-state index contributed by atoms with van der Waals surface area (Å²) in [6, 6.07) is 8.16. The van der Waals surface area contributed by atoms with Gasteiger partial charge in [0, 0.05) is 24.4 Å². The van der Waals surface area contributed by atoms with Crippen molar-refractivity contribution in [2.45, 2.75) is 17.7 Å². The highest BCUT2D eigenvalue weighted by Crippen LogP contribution is 2.28. The number of carbonyl (C=O) groups is 1. The molecular formula is C17H17ClFN3O6S. The maximum atomic E-state index is 13.0. The van der Waals surface area contributed by atoms with Gasteiger partial charge in [0.1, 0.15) is 10.6 Å². The third kappa shape index (κ3) is 7.20. The van der Waals surface area contributed by atoms with Gasteiger partial charge in [0.15, 0.2) is 0 Å². The molecule has 0 aromatic heterocycles. The number of non-ortho nitro benzene ring substituents is 1. The molecule has 0 saturated carbocycles. The Kier molecular flexibility index (Phi) is 7.74. The highest BCUT2D eigenvalue weighted by molar-refractivity contribution is 7.86. The van der Waals surface area contributed by atoms with Crippen LogP contribution in [0.4, 0.5) is 20.1 Å². The number of nitrogens with zero attached hydrogens (tertiary/aromatic N) is 1. The van der Waals surface area contributed by atoms with Crippen LogP contribution < -0.4 is 15.4 Å². The van der Waals surface area contributed by atoms with E-state index in [0.29, 0.717) is 25.1 Å². The summed E-state index contributed by atoms with van der Waals surface area (Å²) in [5.74, 6) is 0.325. The molecule has 12 heteroatoms. The van der Waals surface area contributed by atoms with Gasteiger partial charge in [-0.25, -0.2) is 4.79 Å². The standard InChI is InChI=1S/C17H17ClFN3O6S/c18-15-11-13(22(24)25)6-7-16(15)28-9-2-1-8-20-17(23)21-12-4-3-5-14(10-12)29(19,26)27/h3-7,10-11H,1-2,8-9H2,(H2,20,21,23). The van der Waals surface area contributed by atoms with Gasteiger partial charge in [-0.05, 0) is 37.1 Å². The number of benzene rings is 2. The van der Waals surface area contributed by atoms with Crippen molar-refractivity contribution < 1.29 is 26.8 Å². The Morgan fingerprint density at radius 3 is 2.62 bits per heavy atom. The molecular weight excluding hydrogens is 429 g/mol. The number of nitro groups is 1. The van der Waals surface area contributed by atoms with Crippen LogP contribution in [0.1, 0.15) is 12.8 Å². The van der Waals surface area contributed by atoms with Gasteiger partial charge in [0.2, 0.25) is 0 Å². The Morgan fingerprint density at radius 2 is 1.97 bits per heavy atom. The van der Waals surface area contributed by atoms with E-state index in [9.17, 15) is 27.2 Å². The summed E-state index contributed by atoms with van der Waals surface area (Å²) in [5.41, 5.74) is 0.00424. The molecule has 0 fully saturated rings. The summed E-state index contributed by atoms with van der Waals surface area (Å²) >= 11 is 5.92. The zero-order valence-corrected chi connectivity index (χ0v) is 16.5. The second kappa shape index (κ2) is 10.0. The number of nitrogens with one attached hydrogen (secondary N) is 2. The number of carbonyl (C=O) groups excluding carboxylic acids is 1.